The molecule has 1 fully saturated rings. The van der Waals surface area contributed by atoms with Gasteiger partial charge in [0, 0.05) is 16.1 Å². The number of hydrogen-bond donors (Lipinski definition) is 0. The van der Waals surface area contributed by atoms with E-state index in [2.05, 4.69) is 15.9 Å². The van der Waals surface area contributed by atoms with Crippen molar-refractivity contribution in [2.24, 2.45) is 0 Å². The minimum Gasteiger partial charge on any atom is -0.229 e. The Morgan fingerprint density at radius 3 is 2.47 bits per heavy atom. The van der Waals surface area contributed by atoms with E-state index in [4.69, 9.17) is 0 Å². The molecule has 0 bridgehead atoms. The van der Waals surface area contributed by atoms with Gasteiger partial charge in [-0.1, -0.05) is 35.0 Å². The Labute approximate surface area is 98.7 Å². The van der Waals surface area contributed by atoms with E-state index in [-0.39, 0.29) is 16.9 Å². The smallest absolute Gasteiger partial charge is 0.153 e. The second-order valence-electron chi connectivity index (χ2n) is 3.88. The molecule has 4 heteroatoms. The molecule has 0 saturated heterocycles. The fourth-order valence-corrected chi connectivity index (χ4v) is 3.69. The molecule has 1 aromatic carbocycles. The molecular formula is C11H13BrO2S. The van der Waals surface area contributed by atoms with Gasteiger partial charge in [0.05, 0.1) is 5.25 Å². The van der Waals surface area contributed by atoms with E-state index in [9.17, 15) is 8.42 Å². The van der Waals surface area contributed by atoms with Crippen molar-refractivity contribution in [2.75, 3.05) is 5.75 Å². The Morgan fingerprint density at radius 1 is 1.33 bits per heavy atom. The molecule has 1 aliphatic rings. The monoisotopic (exact) mass is 288 g/mol. The standard InChI is InChI=1S/C11H13BrO2S/c1-2-15(13,14)11-7-10(11)8-3-5-9(12)6-4-8/h3-6,10-11H,2,7H2,1H3. The summed E-state index contributed by atoms with van der Waals surface area (Å²) < 4.78 is 24.2. The number of benzene rings is 1. The minimum absolute atomic E-state index is 0.135. The molecule has 1 saturated carbocycles. The van der Waals surface area contributed by atoms with Crippen molar-refractivity contribution in [3.05, 3.63) is 34.3 Å². The second-order valence-corrected chi connectivity index (χ2v) is 7.31. The molecule has 0 aliphatic heterocycles. The van der Waals surface area contributed by atoms with Crippen molar-refractivity contribution in [3.8, 4) is 0 Å². The Bertz CT molecular complexity index is 450. The maximum absolute atomic E-state index is 11.6. The van der Waals surface area contributed by atoms with Crippen LogP contribution in [-0.2, 0) is 9.84 Å². The lowest BCUT2D eigenvalue weighted by Gasteiger charge is -2.01. The summed E-state index contributed by atoms with van der Waals surface area (Å²) in [5.41, 5.74) is 1.14. The molecule has 0 N–H and O–H groups in total. The van der Waals surface area contributed by atoms with Crippen molar-refractivity contribution in [1.82, 2.24) is 0 Å². The molecule has 15 heavy (non-hydrogen) atoms. The zero-order valence-electron chi connectivity index (χ0n) is 8.48. The van der Waals surface area contributed by atoms with E-state index in [0.29, 0.717) is 0 Å². The third-order valence-electron chi connectivity index (χ3n) is 2.89. The predicted molar refractivity (Wildman–Crippen MR) is 64.7 cm³/mol. The predicted octanol–water partition coefficient (Wildman–Crippen LogP) is 2.74. The topological polar surface area (TPSA) is 34.1 Å². The molecule has 2 rings (SSSR count). The van der Waals surface area contributed by atoms with E-state index >= 15 is 0 Å². The van der Waals surface area contributed by atoms with E-state index < -0.39 is 9.84 Å². The van der Waals surface area contributed by atoms with Gasteiger partial charge < -0.3 is 0 Å². The maximum Gasteiger partial charge on any atom is 0.153 e. The summed E-state index contributed by atoms with van der Waals surface area (Å²) in [6.45, 7) is 1.71. The third kappa shape index (κ3) is 2.26. The van der Waals surface area contributed by atoms with E-state index in [1.54, 1.807) is 6.92 Å². The van der Waals surface area contributed by atoms with Crippen molar-refractivity contribution in [3.63, 3.8) is 0 Å². The molecule has 1 aromatic rings. The van der Waals surface area contributed by atoms with Crippen LogP contribution in [0.3, 0.4) is 0 Å². The van der Waals surface area contributed by atoms with Crippen molar-refractivity contribution >= 4 is 25.8 Å². The lowest BCUT2D eigenvalue weighted by atomic mass is 10.1. The maximum atomic E-state index is 11.6. The lowest BCUT2D eigenvalue weighted by molar-refractivity contribution is 0.595. The first-order valence-corrected chi connectivity index (χ1v) is 7.52. The van der Waals surface area contributed by atoms with Crippen LogP contribution in [0.25, 0.3) is 0 Å². The van der Waals surface area contributed by atoms with Crippen LogP contribution in [0.1, 0.15) is 24.8 Å². The fourth-order valence-electron chi connectivity index (χ4n) is 1.84. The molecule has 0 aromatic heterocycles. The van der Waals surface area contributed by atoms with Gasteiger partial charge in [-0.25, -0.2) is 8.42 Å². The molecule has 1 aliphatic carbocycles. The van der Waals surface area contributed by atoms with Crippen molar-refractivity contribution in [2.45, 2.75) is 24.5 Å². The normalized spacial score (nSPS) is 25.2. The number of halogens is 1. The van der Waals surface area contributed by atoms with Gasteiger partial charge >= 0.3 is 0 Å². The first-order chi connectivity index (χ1) is 7.04. The highest BCUT2D eigenvalue weighted by Gasteiger charge is 2.46. The first kappa shape index (κ1) is 11.1. The highest BCUT2D eigenvalue weighted by atomic mass is 79.9. The average Bonchev–Trinajstić information content (AvgIpc) is 2.99. The molecule has 82 valence electrons. The van der Waals surface area contributed by atoms with Gasteiger partial charge in [-0.15, -0.1) is 0 Å². The molecule has 2 unspecified atom stereocenters. The van der Waals surface area contributed by atoms with Crippen molar-refractivity contribution < 1.29 is 8.42 Å². The van der Waals surface area contributed by atoms with Crippen LogP contribution < -0.4 is 0 Å². The fraction of sp³-hybridized carbons (Fsp3) is 0.455. The number of sulfone groups is 1. The zero-order chi connectivity index (χ0) is 11.1. The second kappa shape index (κ2) is 3.91. The molecular weight excluding hydrogens is 276 g/mol. The van der Waals surface area contributed by atoms with Gasteiger partial charge in [-0.2, -0.15) is 0 Å². The summed E-state index contributed by atoms with van der Waals surface area (Å²) in [5, 5.41) is -0.135. The van der Waals surface area contributed by atoms with Gasteiger partial charge in [-0.3, -0.25) is 0 Å². The molecule has 2 atom stereocenters. The van der Waals surface area contributed by atoms with Gasteiger partial charge in [0.1, 0.15) is 0 Å². The Balaban J connectivity index is 2.15. The summed E-state index contributed by atoms with van der Waals surface area (Å²) in [7, 11) is -2.84. The van der Waals surface area contributed by atoms with E-state index in [1.165, 1.54) is 0 Å². The van der Waals surface area contributed by atoms with Gasteiger partial charge in [0.2, 0.25) is 0 Å². The summed E-state index contributed by atoms with van der Waals surface area (Å²) in [6, 6.07) is 7.92. The van der Waals surface area contributed by atoms with Crippen LogP contribution >= 0.6 is 15.9 Å². The van der Waals surface area contributed by atoms with Crippen LogP contribution in [0.2, 0.25) is 0 Å². The van der Waals surface area contributed by atoms with Gasteiger partial charge in [0.15, 0.2) is 9.84 Å². The quantitative estimate of drug-likeness (QED) is 0.857. The number of hydrogen-bond acceptors (Lipinski definition) is 2. The Morgan fingerprint density at radius 2 is 1.93 bits per heavy atom. The van der Waals surface area contributed by atoms with Crippen LogP contribution in [0.4, 0.5) is 0 Å². The van der Waals surface area contributed by atoms with Crippen molar-refractivity contribution in [1.29, 1.82) is 0 Å². The largest absolute Gasteiger partial charge is 0.229 e. The minimum atomic E-state index is -2.84. The number of rotatable bonds is 3. The highest BCUT2D eigenvalue weighted by Crippen LogP contribution is 2.46. The lowest BCUT2D eigenvalue weighted by Crippen LogP contribution is -2.10. The average molecular weight is 289 g/mol. The third-order valence-corrected chi connectivity index (χ3v) is 5.67. The summed E-state index contributed by atoms with van der Waals surface area (Å²) in [6.07, 6.45) is 0.789. The summed E-state index contributed by atoms with van der Waals surface area (Å²) in [4.78, 5) is 0. The summed E-state index contributed by atoms with van der Waals surface area (Å²) in [5.74, 6) is 0.480. The zero-order valence-corrected chi connectivity index (χ0v) is 10.9. The van der Waals surface area contributed by atoms with Crippen LogP contribution in [0, 0.1) is 0 Å². The highest BCUT2D eigenvalue weighted by molar-refractivity contribution is 9.10. The van der Waals surface area contributed by atoms with Crippen LogP contribution in [-0.4, -0.2) is 19.4 Å². The van der Waals surface area contributed by atoms with E-state index in [0.717, 1.165) is 16.5 Å². The molecule has 0 spiro atoms. The molecule has 0 amide bonds. The SMILES string of the molecule is CCS(=O)(=O)C1CC1c1ccc(Br)cc1. The molecule has 0 radical (unpaired) electrons. The Kier molecular flexibility index (Phi) is 2.90. The molecule has 0 heterocycles. The van der Waals surface area contributed by atoms with Gasteiger partial charge in [0.25, 0.3) is 0 Å². The Hall–Kier alpha value is -0.350. The van der Waals surface area contributed by atoms with Crippen LogP contribution in [0.15, 0.2) is 28.7 Å². The van der Waals surface area contributed by atoms with Gasteiger partial charge in [-0.05, 0) is 24.1 Å². The van der Waals surface area contributed by atoms with E-state index in [1.807, 2.05) is 24.3 Å². The molecule has 2 nitrogen and oxygen atoms in total. The summed E-state index contributed by atoms with van der Waals surface area (Å²) >= 11 is 3.36. The first-order valence-electron chi connectivity index (χ1n) is 5.01. The van der Waals surface area contributed by atoms with Crippen LogP contribution in [0.5, 0.6) is 0 Å².